The number of aliphatic hydroxyl groups is 1. The summed E-state index contributed by atoms with van der Waals surface area (Å²) >= 11 is 0. The number of benzene rings is 3. The van der Waals surface area contributed by atoms with Crippen molar-refractivity contribution in [3.63, 3.8) is 0 Å². The predicted octanol–water partition coefficient (Wildman–Crippen LogP) is 3.03. The lowest BCUT2D eigenvalue weighted by Crippen LogP contribution is -2.62. The van der Waals surface area contributed by atoms with Gasteiger partial charge in [-0.05, 0) is 36.4 Å². The van der Waals surface area contributed by atoms with E-state index in [1.807, 2.05) is 0 Å². The Labute approximate surface area is 213 Å². The van der Waals surface area contributed by atoms with Gasteiger partial charge in [-0.25, -0.2) is 14.4 Å². The summed E-state index contributed by atoms with van der Waals surface area (Å²) in [5.41, 5.74) is 0.705. The van der Waals surface area contributed by atoms with E-state index in [1.54, 1.807) is 91.0 Å². The maximum absolute atomic E-state index is 13.1. The molecule has 1 N–H and O–H groups in total. The average molecular weight is 507 g/mol. The second-order valence-electron chi connectivity index (χ2n) is 8.17. The van der Waals surface area contributed by atoms with Gasteiger partial charge in [-0.15, -0.1) is 0 Å². The highest BCUT2D eigenvalue weighted by Crippen LogP contribution is 2.30. The van der Waals surface area contributed by atoms with E-state index >= 15 is 0 Å². The van der Waals surface area contributed by atoms with Crippen LogP contribution in [0.2, 0.25) is 0 Å². The van der Waals surface area contributed by atoms with Crippen molar-refractivity contribution in [3.8, 4) is 0 Å². The highest BCUT2D eigenvalue weighted by molar-refractivity contribution is 5.91. The summed E-state index contributed by atoms with van der Waals surface area (Å²) in [6.07, 6.45) is -6.40. The van der Waals surface area contributed by atoms with Crippen LogP contribution in [0.4, 0.5) is 0 Å². The van der Waals surface area contributed by atoms with Crippen LogP contribution in [0, 0.1) is 0 Å². The highest BCUT2D eigenvalue weighted by Gasteiger charge is 2.52. The molecule has 0 radical (unpaired) electrons. The molecule has 2 unspecified atom stereocenters. The zero-order chi connectivity index (χ0) is 26.2. The van der Waals surface area contributed by atoms with Crippen LogP contribution in [-0.2, 0) is 23.7 Å². The third kappa shape index (κ3) is 6.21. The van der Waals surface area contributed by atoms with Gasteiger partial charge < -0.3 is 28.8 Å². The summed E-state index contributed by atoms with van der Waals surface area (Å²) < 4.78 is 28.3. The summed E-state index contributed by atoms with van der Waals surface area (Å²) in [6.45, 7) is -0.592. The first kappa shape index (κ1) is 26.0. The van der Waals surface area contributed by atoms with Gasteiger partial charge in [0.25, 0.3) is 0 Å². The van der Waals surface area contributed by atoms with Crippen molar-refractivity contribution < 1.29 is 43.2 Å². The first-order chi connectivity index (χ1) is 18.0. The molecule has 192 valence electrons. The number of esters is 3. The summed E-state index contributed by atoms with van der Waals surface area (Å²) in [4.78, 5) is 38.9. The minimum atomic E-state index is -1.37. The van der Waals surface area contributed by atoms with Crippen molar-refractivity contribution >= 4 is 17.9 Å². The molecule has 1 saturated heterocycles. The largest absolute Gasteiger partial charge is 0.452 e. The monoisotopic (exact) mass is 506 g/mol. The maximum Gasteiger partial charge on any atom is 0.338 e. The van der Waals surface area contributed by atoms with Crippen molar-refractivity contribution in [2.45, 2.75) is 30.7 Å². The number of methoxy groups -OCH3 is 1. The molecule has 37 heavy (non-hydrogen) atoms. The Morgan fingerprint density at radius 2 is 1.03 bits per heavy atom. The van der Waals surface area contributed by atoms with Crippen LogP contribution in [0.3, 0.4) is 0 Å². The minimum Gasteiger partial charge on any atom is -0.452 e. The molecular formula is C28H26O9. The van der Waals surface area contributed by atoms with Crippen LogP contribution < -0.4 is 0 Å². The molecule has 9 nitrogen and oxygen atoms in total. The second kappa shape index (κ2) is 12.3. The van der Waals surface area contributed by atoms with Gasteiger partial charge in [0.05, 0.1) is 23.3 Å². The molecule has 4 rings (SSSR count). The lowest BCUT2D eigenvalue weighted by atomic mass is 9.97. The van der Waals surface area contributed by atoms with Gasteiger partial charge >= 0.3 is 17.9 Å². The number of hydrogen-bond donors (Lipinski definition) is 1. The molecule has 0 amide bonds. The Bertz CT molecular complexity index is 1120. The van der Waals surface area contributed by atoms with E-state index < -0.39 is 55.2 Å². The SMILES string of the molecule is CO[C@@H]1OC(CO)[C@H](OC(=O)c2ccccc2)[C@H](OC(=O)c2ccccc2)C1OC(=O)c1ccccc1. The van der Waals surface area contributed by atoms with Crippen LogP contribution in [0.5, 0.6) is 0 Å². The lowest BCUT2D eigenvalue weighted by molar-refractivity contribution is -0.292. The topological polar surface area (TPSA) is 118 Å². The Hall–Kier alpha value is -4.05. The van der Waals surface area contributed by atoms with Crippen LogP contribution in [0.15, 0.2) is 91.0 Å². The zero-order valence-corrected chi connectivity index (χ0v) is 20.0. The molecular weight excluding hydrogens is 480 g/mol. The summed E-state index contributed by atoms with van der Waals surface area (Å²) in [6, 6.07) is 24.5. The zero-order valence-electron chi connectivity index (χ0n) is 20.0. The van der Waals surface area contributed by atoms with Gasteiger partial charge in [0, 0.05) is 7.11 Å². The normalized spacial score (nSPS) is 23.0. The summed E-state index contributed by atoms with van der Waals surface area (Å²) in [5, 5.41) is 10.1. The maximum atomic E-state index is 13.1. The number of carbonyl (C=O) groups excluding carboxylic acids is 3. The van der Waals surface area contributed by atoms with E-state index in [-0.39, 0.29) is 16.7 Å². The Morgan fingerprint density at radius 3 is 1.41 bits per heavy atom. The van der Waals surface area contributed by atoms with Crippen molar-refractivity contribution in [1.82, 2.24) is 0 Å². The van der Waals surface area contributed by atoms with Gasteiger partial charge in [0.1, 0.15) is 6.10 Å². The smallest absolute Gasteiger partial charge is 0.338 e. The molecule has 0 aliphatic carbocycles. The molecule has 9 heteroatoms. The third-order valence-electron chi connectivity index (χ3n) is 5.76. The van der Waals surface area contributed by atoms with Gasteiger partial charge in [0.15, 0.2) is 24.6 Å². The molecule has 0 spiro atoms. The molecule has 1 aliphatic heterocycles. The number of ether oxygens (including phenoxy) is 5. The fourth-order valence-electron chi connectivity index (χ4n) is 3.91. The molecule has 0 aromatic heterocycles. The fraction of sp³-hybridized carbons (Fsp3) is 0.250. The summed E-state index contributed by atoms with van der Waals surface area (Å²) in [5.74, 6) is -2.22. The first-order valence-corrected chi connectivity index (χ1v) is 11.6. The van der Waals surface area contributed by atoms with Crippen LogP contribution in [0.25, 0.3) is 0 Å². The standard InChI is InChI=1S/C28H26O9/c1-33-28-24(37-27(32)20-15-9-4-10-16-20)23(36-26(31)19-13-7-3-8-14-19)22(21(17-29)34-28)35-25(30)18-11-5-2-6-12-18/h2-16,21-24,28-29H,17H2,1H3/t21?,22-,23-,24?,28+/m0/s1. The predicted molar refractivity (Wildman–Crippen MR) is 130 cm³/mol. The van der Waals surface area contributed by atoms with Gasteiger partial charge in [0.2, 0.25) is 0 Å². The van der Waals surface area contributed by atoms with Gasteiger partial charge in [-0.3, -0.25) is 0 Å². The molecule has 0 saturated carbocycles. The summed E-state index contributed by atoms with van der Waals surface area (Å²) in [7, 11) is 1.31. The van der Waals surface area contributed by atoms with E-state index in [9.17, 15) is 19.5 Å². The van der Waals surface area contributed by atoms with Crippen LogP contribution in [0.1, 0.15) is 31.1 Å². The van der Waals surface area contributed by atoms with Gasteiger partial charge in [-0.2, -0.15) is 0 Å². The van der Waals surface area contributed by atoms with E-state index in [4.69, 9.17) is 23.7 Å². The van der Waals surface area contributed by atoms with E-state index in [1.165, 1.54) is 7.11 Å². The van der Waals surface area contributed by atoms with Crippen molar-refractivity contribution in [2.24, 2.45) is 0 Å². The number of aliphatic hydroxyl groups excluding tert-OH is 1. The van der Waals surface area contributed by atoms with Crippen molar-refractivity contribution in [2.75, 3.05) is 13.7 Å². The van der Waals surface area contributed by atoms with Crippen molar-refractivity contribution in [1.29, 1.82) is 0 Å². The lowest BCUT2D eigenvalue weighted by Gasteiger charge is -2.43. The minimum absolute atomic E-state index is 0.227. The third-order valence-corrected chi connectivity index (χ3v) is 5.76. The molecule has 0 bridgehead atoms. The quantitative estimate of drug-likeness (QED) is 0.363. The number of hydrogen-bond acceptors (Lipinski definition) is 9. The number of rotatable bonds is 8. The Kier molecular flexibility index (Phi) is 8.63. The van der Waals surface area contributed by atoms with E-state index in [0.29, 0.717) is 0 Å². The van der Waals surface area contributed by atoms with E-state index in [0.717, 1.165) is 0 Å². The number of carbonyl (C=O) groups is 3. The van der Waals surface area contributed by atoms with Crippen LogP contribution in [-0.4, -0.2) is 67.4 Å². The molecule has 5 atom stereocenters. The Balaban J connectivity index is 1.69. The molecule has 3 aromatic carbocycles. The molecule has 1 heterocycles. The first-order valence-electron chi connectivity index (χ1n) is 11.6. The molecule has 3 aromatic rings. The Morgan fingerprint density at radius 1 is 0.649 bits per heavy atom. The van der Waals surface area contributed by atoms with Gasteiger partial charge in [-0.1, -0.05) is 54.6 Å². The highest BCUT2D eigenvalue weighted by atomic mass is 16.7. The fourth-order valence-corrected chi connectivity index (χ4v) is 3.91. The van der Waals surface area contributed by atoms with Crippen LogP contribution >= 0.6 is 0 Å². The molecule has 1 aliphatic rings. The second-order valence-corrected chi connectivity index (χ2v) is 8.17. The van der Waals surface area contributed by atoms with E-state index in [2.05, 4.69) is 0 Å². The van der Waals surface area contributed by atoms with Crippen molar-refractivity contribution in [3.05, 3.63) is 108 Å². The molecule has 1 fully saturated rings. The average Bonchev–Trinajstić information content (AvgIpc) is 2.95.